The molecule has 4 aliphatic carbocycles. The van der Waals surface area contributed by atoms with Gasteiger partial charge < -0.3 is 20.1 Å². The highest BCUT2D eigenvalue weighted by Crippen LogP contribution is 2.52. The Balaban J connectivity index is 1.40. The maximum atomic E-state index is 12.7. The molecule has 1 aromatic carbocycles. The number of benzene rings is 1. The molecule has 0 radical (unpaired) electrons. The van der Waals surface area contributed by atoms with Gasteiger partial charge in [0.15, 0.2) is 5.72 Å². The fraction of sp³-hybridized carbons (Fsp3) is 0.600. The molecule has 6 rings (SSSR count). The van der Waals surface area contributed by atoms with Gasteiger partial charge in [0.05, 0.1) is 12.7 Å². The second-order valence-electron chi connectivity index (χ2n) is 8.17. The van der Waals surface area contributed by atoms with Crippen molar-refractivity contribution in [2.45, 2.75) is 50.3 Å². The Morgan fingerprint density at radius 2 is 2.15 bits per heavy atom. The molecule has 2 bridgehead atoms. The van der Waals surface area contributed by atoms with Crippen molar-refractivity contribution in [1.82, 2.24) is 10.6 Å². The van der Waals surface area contributed by atoms with Crippen LogP contribution in [0.25, 0.3) is 0 Å². The van der Waals surface area contributed by atoms with Crippen molar-refractivity contribution in [2.24, 2.45) is 17.8 Å². The molecule has 6 heteroatoms. The Hall–Kier alpha value is -2.24. The molecule has 1 aliphatic heterocycles. The van der Waals surface area contributed by atoms with Gasteiger partial charge in [0.25, 0.3) is 5.91 Å². The Kier molecular flexibility index (Phi) is 3.46. The predicted octanol–water partition coefficient (Wildman–Crippen LogP) is 2.23. The summed E-state index contributed by atoms with van der Waals surface area (Å²) in [5.74, 6) is 1.82. The highest BCUT2D eigenvalue weighted by Gasteiger charge is 2.57. The quantitative estimate of drug-likeness (QED) is 0.871. The van der Waals surface area contributed by atoms with Crippen molar-refractivity contribution >= 4 is 11.8 Å². The van der Waals surface area contributed by atoms with Crippen molar-refractivity contribution in [3.8, 4) is 11.5 Å². The lowest BCUT2D eigenvalue weighted by Gasteiger charge is -2.55. The Labute approximate surface area is 152 Å². The Bertz CT molecular complexity index is 775. The average molecular weight is 356 g/mol. The normalized spacial score (nSPS) is 34.7. The minimum Gasteiger partial charge on any atom is -0.497 e. The van der Waals surface area contributed by atoms with Crippen LogP contribution in [0.3, 0.4) is 0 Å². The van der Waals surface area contributed by atoms with E-state index in [1.54, 1.807) is 25.3 Å². The minimum absolute atomic E-state index is 0.0483. The van der Waals surface area contributed by atoms with Crippen LogP contribution in [-0.4, -0.2) is 30.7 Å². The topological polar surface area (TPSA) is 76.7 Å². The van der Waals surface area contributed by atoms with Gasteiger partial charge in [0.2, 0.25) is 5.91 Å². The molecule has 5 aliphatic rings. The summed E-state index contributed by atoms with van der Waals surface area (Å²) >= 11 is 0. The number of carbonyl (C=O) groups is 2. The van der Waals surface area contributed by atoms with Crippen LogP contribution in [0, 0.1) is 17.8 Å². The minimum atomic E-state index is -0.685. The number of nitrogens with one attached hydrogen (secondary N) is 2. The number of fused-ring (bicyclic) bond motifs is 3. The van der Waals surface area contributed by atoms with Crippen molar-refractivity contribution < 1.29 is 19.1 Å². The van der Waals surface area contributed by atoms with E-state index in [0.29, 0.717) is 29.5 Å². The summed E-state index contributed by atoms with van der Waals surface area (Å²) in [6.45, 7) is 0. The lowest BCUT2D eigenvalue weighted by molar-refractivity contribution is -0.146. The first-order valence-electron chi connectivity index (χ1n) is 9.58. The molecular formula is C20H24N2O4. The summed E-state index contributed by atoms with van der Waals surface area (Å²) in [4.78, 5) is 25.3. The molecule has 2 N–H and O–H groups in total. The van der Waals surface area contributed by atoms with Gasteiger partial charge in [-0.1, -0.05) is 0 Å². The summed E-state index contributed by atoms with van der Waals surface area (Å²) in [7, 11) is 1.60. The SMILES string of the molecule is COc1ccc2c(c1)O[C@@]1(C[C@H]3CC[C@H]1C[C@@H]3C(=O)NC1CC1)NC2=O. The summed E-state index contributed by atoms with van der Waals surface area (Å²) < 4.78 is 11.7. The zero-order valence-electron chi connectivity index (χ0n) is 14.9. The third kappa shape index (κ3) is 2.46. The van der Waals surface area contributed by atoms with Crippen LogP contribution in [0.5, 0.6) is 11.5 Å². The Morgan fingerprint density at radius 1 is 1.31 bits per heavy atom. The number of carbonyl (C=O) groups excluding carboxylic acids is 2. The molecule has 1 aromatic rings. The number of methoxy groups -OCH3 is 1. The molecular weight excluding hydrogens is 332 g/mol. The molecule has 138 valence electrons. The van der Waals surface area contributed by atoms with Gasteiger partial charge in [-0.05, 0) is 50.2 Å². The van der Waals surface area contributed by atoms with E-state index in [9.17, 15) is 9.59 Å². The van der Waals surface area contributed by atoms with Crippen LogP contribution in [-0.2, 0) is 4.79 Å². The molecule has 6 nitrogen and oxygen atoms in total. The molecule has 26 heavy (non-hydrogen) atoms. The van der Waals surface area contributed by atoms with Crippen molar-refractivity contribution in [2.75, 3.05) is 7.11 Å². The van der Waals surface area contributed by atoms with E-state index >= 15 is 0 Å². The van der Waals surface area contributed by atoms with Crippen molar-refractivity contribution in [3.63, 3.8) is 0 Å². The highest BCUT2D eigenvalue weighted by atomic mass is 16.5. The highest BCUT2D eigenvalue weighted by molar-refractivity contribution is 5.98. The van der Waals surface area contributed by atoms with Crippen molar-refractivity contribution in [3.05, 3.63) is 23.8 Å². The first kappa shape index (κ1) is 16.0. The van der Waals surface area contributed by atoms with Gasteiger partial charge in [-0.15, -0.1) is 0 Å². The zero-order chi connectivity index (χ0) is 17.9. The maximum absolute atomic E-state index is 12.7. The van der Waals surface area contributed by atoms with Crippen molar-refractivity contribution in [1.29, 1.82) is 0 Å². The van der Waals surface area contributed by atoms with E-state index in [1.165, 1.54) is 0 Å². The molecule has 2 amide bonds. The van der Waals surface area contributed by atoms with Crippen LogP contribution in [0.15, 0.2) is 18.2 Å². The number of hydrogen-bond acceptors (Lipinski definition) is 4. The second kappa shape index (κ2) is 5.63. The monoisotopic (exact) mass is 356 g/mol. The number of ether oxygens (including phenoxy) is 2. The van der Waals surface area contributed by atoms with E-state index in [0.717, 1.165) is 32.1 Å². The van der Waals surface area contributed by atoms with Gasteiger partial charge in [-0.3, -0.25) is 9.59 Å². The zero-order valence-corrected chi connectivity index (χ0v) is 14.9. The predicted molar refractivity (Wildman–Crippen MR) is 93.9 cm³/mol. The number of amides is 2. The molecule has 0 unspecified atom stereocenters. The van der Waals surface area contributed by atoms with E-state index in [1.807, 2.05) is 0 Å². The van der Waals surface area contributed by atoms with Crippen LogP contribution < -0.4 is 20.1 Å². The maximum Gasteiger partial charge on any atom is 0.258 e. The summed E-state index contributed by atoms with van der Waals surface area (Å²) in [5.41, 5.74) is -0.142. The van der Waals surface area contributed by atoms with Crippen LogP contribution >= 0.6 is 0 Å². The lowest BCUT2D eigenvalue weighted by atomic mass is 9.60. The van der Waals surface area contributed by atoms with E-state index < -0.39 is 5.72 Å². The third-order valence-electron chi connectivity index (χ3n) is 6.53. The third-order valence-corrected chi connectivity index (χ3v) is 6.53. The van der Waals surface area contributed by atoms with Crippen LogP contribution in [0.1, 0.15) is 48.9 Å². The van der Waals surface area contributed by atoms with E-state index in [-0.39, 0.29) is 29.6 Å². The number of hydrogen-bond donors (Lipinski definition) is 2. The summed E-state index contributed by atoms with van der Waals surface area (Å²) in [6.07, 6.45) is 5.70. The van der Waals surface area contributed by atoms with E-state index in [2.05, 4.69) is 10.6 Å². The van der Waals surface area contributed by atoms with Crippen LogP contribution in [0.4, 0.5) is 0 Å². The molecule has 4 saturated carbocycles. The summed E-state index contributed by atoms with van der Waals surface area (Å²) in [5, 5.41) is 6.29. The van der Waals surface area contributed by atoms with Gasteiger partial charge in [-0.25, -0.2) is 0 Å². The van der Waals surface area contributed by atoms with Gasteiger partial charge in [-0.2, -0.15) is 0 Å². The molecule has 0 aromatic heterocycles. The average Bonchev–Trinajstić information content (AvgIpc) is 3.45. The van der Waals surface area contributed by atoms with Gasteiger partial charge >= 0.3 is 0 Å². The summed E-state index contributed by atoms with van der Waals surface area (Å²) in [6, 6.07) is 5.69. The molecule has 4 atom stereocenters. The molecule has 1 heterocycles. The molecule has 1 spiro atoms. The fourth-order valence-electron chi connectivity index (χ4n) is 4.98. The molecule has 0 saturated heterocycles. The van der Waals surface area contributed by atoms with Crippen LogP contribution in [0.2, 0.25) is 0 Å². The fourth-order valence-corrected chi connectivity index (χ4v) is 4.98. The van der Waals surface area contributed by atoms with E-state index in [4.69, 9.17) is 9.47 Å². The largest absolute Gasteiger partial charge is 0.497 e. The molecule has 4 fully saturated rings. The smallest absolute Gasteiger partial charge is 0.258 e. The second-order valence-corrected chi connectivity index (χ2v) is 8.17. The Morgan fingerprint density at radius 3 is 2.85 bits per heavy atom. The van der Waals surface area contributed by atoms with Gasteiger partial charge in [0, 0.05) is 30.4 Å². The first-order chi connectivity index (χ1) is 12.6. The first-order valence-corrected chi connectivity index (χ1v) is 9.58. The standard InChI is InChI=1S/C20H24N2O4/c1-25-14-6-7-15-17(9-14)26-20(22-19(15)24)10-11-2-3-12(20)8-16(11)18(23)21-13-4-5-13/h6-7,9,11-13,16H,2-5,8,10H2,1H3,(H,21,23)(H,22,24)/t11-,12+,16+,20-/m1/s1. The lowest BCUT2D eigenvalue weighted by Crippen LogP contribution is -2.67. The van der Waals surface area contributed by atoms with Gasteiger partial charge in [0.1, 0.15) is 11.5 Å². The number of rotatable bonds is 3.